The van der Waals surface area contributed by atoms with E-state index in [4.69, 9.17) is 21.1 Å². The van der Waals surface area contributed by atoms with Gasteiger partial charge in [0, 0.05) is 61.3 Å². The molecule has 2 aromatic carbocycles. The van der Waals surface area contributed by atoms with E-state index in [-0.39, 0.29) is 5.91 Å². The van der Waals surface area contributed by atoms with Crippen molar-refractivity contribution in [1.29, 1.82) is 0 Å². The summed E-state index contributed by atoms with van der Waals surface area (Å²) in [4.78, 5) is 21.4. The molecular weight excluding hydrogens is 426 g/mol. The number of piperazine rings is 1. The molecule has 7 heteroatoms. The molecule has 1 aliphatic rings. The topological polar surface area (TPSA) is 54.9 Å². The third-order valence-electron chi connectivity index (χ3n) is 5.57. The molecule has 0 radical (unpaired) electrons. The van der Waals surface area contributed by atoms with Crippen molar-refractivity contribution >= 4 is 17.5 Å². The SMILES string of the molecule is COc1cc(C(=O)N2CCN(Cc3ccncc3)CC2)ccc1OCc1ccccc1Cl. The third kappa shape index (κ3) is 5.39. The minimum atomic E-state index is 0.00418. The third-order valence-corrected chi connectivity index (χ3v) is 5.94. The number of nitrogens with zero attached hydrogens (tertiary/aromatic N) is 3. The first-order chi connectivity index (χ1) is 15.6. The Balaban J connectivity index is 1.36. The van der Waals surface area contributed by atoms with E-state index in [1.54, 1.807) is 25.3 Å². The Labute approximate surface area is 193 Å². The number of hydrogen-bond acceptors (Lipinski definition) is 5. The maximum absolute atomic E-state index is 13.1. The zero-order valence-corrected chi connectivity index (χ0v) is 18.8. The summed E-state index contributed by atoms with van der Waals surface area (Å²) < 4.78 is 11.4. The van der Waals surface area contributed by atoms with Crippen LogP contribution in [0, 0.1) is 0 Å². The maximum Gasteiger partial charge on any atom is 0.254 e. The molecule has 1 aromatic heterocycles. The van der Waals surface area contributed by atoms with Crippen molar-refractivity contribution in [3.05, 3.63) is 88.7 Å². The van der Waals surface area contributed by atoms with Crippen molar-refractivity contribution in [3.63, 3.8) is 0 Å². The number of hydrogen-bond donors (Lipinski definition) is 0. The van der Waals surface area contributed by atoms with Crippen LogP contribution < -0.4 is 9.47 Å². The first-order valence-electron chi connectivity index (χ1n) is 10.6. The minimum absolute atomic E-state index is 0.00418. The zero-order valence-electron chi connectivity index (χ0n) is 18.0. The van der Waals surface area contributed by atoms with Crippen LogP contribution in [0.5, 0.6) is 11.5 Å². The highest BCUT2D eigenvalue weighted by Crippen LogP contribution is 2.30. The van der Waals surface area contributed by atoms with Gasteiger partial charge < -0.3 is 14.4 Å². The Morgan fingerprint density at radius 1 is 1.00 bits per heavy atom. The molecule has 166 valence electrons. The highest BCUT2D eigenvalue weighted by Gasteiger charge is 2.23. The Morgan fingerprint density at radius 3 is 2.47 bits per heavy atom. The molecule has 2 heterocycles. The number of benzene rings is 2. The van der Waals surface area contributed by atoms with E-state index in [0.29, 0.717) is 41.8 Å². The van der Waals surface area contributed by atoms with Crippen molar-refractivity contribution in [3.8, 4) is 11.5 Å². The molecule has 1 aliphatic heterocycles. The second-order valence-corrected chi connectivity index (χ2v) is 8.08. The van der Waals surface area contributed by atoms with Gasteiger partial charge in [0.15, 0.2) is 11.5 Å². The van der Waals surface area contributed by atoms with E-state index >= 15 is 0 Å². The van der Waals surface area contributed by atoms with E-state index in [0.717, 1.165) is 25.2 Å². The number of aromatic nitrogens is 1. The van der Waals surface area contributed by atoms with Gasteiger partial charge in [0.05, 0.1) is 7.11 Å². The van der Waals surface area contributed by atoms with E-state index in [9.17, 15) is 4.79 Å². The molecule has 0 N–H and O–H groups in total. The number of methoxy groups -OCH3 is 1. The maximum atomic E-state index is 13.1. The summed E-state index contributed by atoms with van der Waals surface area (Å²) in [6.45, 7) is 4.25. The normalized spacial score (nSPS) is 14.2. The Morgan fingerprint density at radius 2 is 1.75 bits per heavy atom. The molecule has 3 aromatic rings. The second-order valence-electron chi connectivity index (χ2n) is 7.67. The Kier molecular flexibility index (Phi) is 7.24. The predicted molar refractivity (Wildman–Crippen MR) is 124 cm³/mol. The van der Waals surface area contributed by atoms with Crippen LogP contribution in [0.3, 0.4) is 0 Å². The van der Waals surface area contributed by atoms with Crippen LogP contribution in [-0.4, -0.2) is 54.0 Å². The van der Waals surface area contributed by atoms with Crippen molar-refractivity contribution < 1.29 is 14.3 Å². The number of amides is 1. The molecule has 6 nitrogen and oxygen atoms in total. The van der Waals surface area contributed by atoms with Crippen LogP contribution >= 0.6 is 11.6 Å². The second kappa shape index (κ2) is 10.5. The fourth-order valence-corrected chi connectivity index (χ4v) is 3.92. The van der Waals surface area contributed by atoms with Gasteiger partial charge in [-0.15, -0.1) is 0 Å². The molecule has 0 unspecified atom stereocenters. The summed E-state index contributed by atoms with van der Waals surface area (Å²) in [7, 11) is 1.57. The van der Waals surface area contributed by atoms with Crippen molar-refractivity contribution in [1.82, 2.24) is 14.8 Å². The van der Waals surface area contributed by atoms with Gasteiger partial charge >= 0.3 is 0 Å². The van der Waals surface area contributed by atoms with Gasteiger partial charge in [-0.2, -0.15) is 0 Å². The van der Waals surface area contributed by atoms with Crippen molar-refractivity contribution in [2.75, 3.05) is 33.3 Å². The van der Waals surface area contributed by atoms with Crippen molar-refractivity contribution in [2.45, 2.75) is 13.2 Å². The van der Waals surface area contributed by atoms with Gasteiger partial charge in [-0.1, -0.05) is 29.8 Å². The monoisotopic (exact) mass is 451 g/mol. The van der Waals surface area contributed by atoms with E-state index in [2.05, 4.69) is 9.88 Å². The van der Waals surface area contributed by atoms with E-state index in [1.807, 2.05) is 53.7 Å². The number of carbonyl (C=O) groups is 1. The van der Waals surface area contributed by atoms with Gasteiger partial charge in [0.1, 0.15) is 6.61 Å². The Bertz CT molecular complexity index is 1050. The smallest absolute Gasteiger partial charge is 0.254 e. The molecular formula is C25H26ClN3O3. The van der Waals surface area contributed by atoms with Gasteiger partial charge in [0.2, 0.25) is 0 Å². The molecule has 1 amide bonds. The highest BCUT2D eigenvalue weighted by molar-refractivity contribution is 6.31. The Hall–Kier alpha value is -3.09. The largest absolute Gasteiger partial charge is 0.493 e. The van der Waals surface area contributed by atoms with Crippen LogP contribution in [0.1, 0.15) is 21.5 Å². The lowest BCUT2D eigenvalue weighted by Gasteiger charge is -2.34. The molecule has 0 saturated carbocycles. The fraction of sp³-hybridized carbons (Fsp3) is 0.280. The number of ether oxygens (including phenoxy) is 2. The van der Waals surface area contributed by atoms with Crippen LogP contribution in [-0.2, 0) is 13.2 Å². The summed E-state index contributed by atoms with van der Waals surface area (Å²) in [5.74, 6) is 1.11. The highest BCUT2D eigenvalue weighted by atomic mass is 35.5. The summed E-state index contributed by atoms with van der Waals surface area (Å²) >= 11 is 6.20. The first kappa shape index (κ1) is 22.1. The van der Waals surface area contributed by atoms with Gasteiger partial charge in [0.25, 0.3) is 5.91 Å². The average molecular weight is 452 g/mol. The van der Waals surface area contributed by atoms with Crippen LogP contribution in [0.15, 0.2) is 67.0 Å². The lowest BCUT2D eigenvalue weighted by atomic mass is 10.1. The molecule has 0 atom stereocenters. The summed E-state index contributed by atoms with van der Waals surface area (Å²) in [5.41, 5.74) is 2.72. The number of carbonyl (C=O) groups excluding carboxylic acids is 1. The number of pyridine rings is 1. The summed E-state index contributed by atoms with van der Waals surface area (Å²) in [6.07, 6.45) is 3.62. The standard InChI is InChI=1S/C25H26ClN3O3/c1-31-24-16-20(6-7-23(24)32-18-21-4-2-3-5-22(21)26)25(30)29-14-12-28(13-15-29)17-19-8-10-27-11-9-19/h2-11,16H,12-15,17-18H2,1H3. The fourth-order valence-electron chi connectivity index (χ4n) is 3.73. The van der Waals surface area contributed by atoms with Crippen LogP contribution in [0.2, 0.25) is 5.02 Å². The lowest BCUT2D eigenvalue weighted by molar-refractivity contribution is 0.0628. The molecule has 4 rings (SSSR count). The van der Waals surface area contributed by atoms with Crippen molar-refractivity contribution in [2.24, 2.45) is 0 Å². The number of halogens is 1. The van der Waals surface area contributed by atoms with E-state index < -0.39 is 0 Å². The average Bonchev–Trinajstić information content (AvgIpc) is 2.84. The number of rotatable bonds is 7. The van der Waals surface area contributed by atoms with Crippen LogP contribution in [0.25, 0.3) is 0 Å². The minimum Gasteiger partial charge on any atom is -0.493 e. The van der Waals surface area contributed by atoms with Crippen LogP contribution in [0.4, 0.5) is 0 Å². The molecule has 0 spiro atoms. The summed E-state index contributed by atoms with van der Waals surface area (Å²) in [6, 6.07) is 16.9. The van der Waals surface area contributed by atoms with Gasteiger partial charge in [-0.05, 0) is 42.0 Å². The molecule has 1 saturated heterocycles. The molecule has 0 bridgehead atoms. The first-order valence-corrected chi connectivity index (χ1v) is 11.0. The van der Waals surface area contributed by atoms with Gasteiger partial charge in [-0.3, -0.25) is 14.7 Å². The molecule has 32 heavy (non-hydrogen) atoms. The lowest BCUT2D eigenvalue weighted by Crippen LogP contribution is -2.48. The summed E-state index contributed by atoms with van der Waals surface area (Å²) in [5, 5.41) is 0.654. The molecule has 1 fully saturated rings. The molecule has 0 aliphatic carbocycles. The predicted octanol–water partition coefficient (Wildman–Crippen LogP) is 4.28. The zero-order chi connectivity index (χ0) is 22.3. The van der Waals surface area contributed by atoms with Gasteiger partial charge in [-0.25, -0.2) is 0 Å². The quantitative estimate of drug-likeness (QED) is 0.536. The van der Waals surface area contributed by atoms with E-state index in [1.165, 1.54) is 5.56 Å².